The molecule has 0 aliphatic carbocycles. The van der Waals surface area contributed by atoms with Crippen LogP contribution in [0.1, 0.15) is 82.1 Å². The summed E-state index contributed by atoms with van der Waals surface area (Å²) in [6, 6.07) is 0. The Morgan fingerprint density at radius 3 is 1.06 bits per heavy atom. The molecule has 0 unspecified atom stereocenters. The molecule has 0 bridgehead atoms. The van der Waals surface area contributed by atoms with Gasteiger partial charge in [-0.2, -0.15) is 0 Å². The van der Waals surface area contributed by atoms with E-state index in [9.17, 15) is 0 Å². The van der Waals surface area contributed by atoms with E-state index < -0.39 is 0 Å². The summed E-state index contributed by atoms with van der Waals surface area (Å²) in [5.41, 5.74) is -0.321. The lowest BCUT2D eigenvalue weighted by Crippen LogP contribution is -2.41. The van der Waals surface area contributed by atoms with Gasteiger partial charge in [0.2, 0.25) is 0 Å². The Labute approximate surface area is 227 Å². The van der Waals surface area contributed by atoms with E-state index in [4.69, 9.17) is 27.9 Å². The first-order valence-electron chi connectivity index (χ1n) is 13.6. The van der Waals surface area contributed by atoms with Gasteiger partial charge in [-0.3, -0.25) is 0 Å². The first kappa shape index (κ1) is 43.0. The van der Waals surface area contributed by atoms with Crippen LogP contribution >= 0.6 is 0 Å². The van der Waals surface area contributed by atoms with Crippen LogP contribution in [0.4, 0.5) is 0 Å². The van der Waals surface area contributed by atoms with Gasteiger partial charge in [0, 0.05) is 27.4 Å². The summed E-state index contributed by atoms with van der Waals surface area (Å²) in [6.07, 6.45) is 2.50. The predicted molar refractivity (Wildman–Crippen MR) is 158 cm³/mol. The van der Waals surface area contributed by atoms with E-state index in [-0.39, 0.29) is 39.7 Å². The zero-order valence-electron chi connectivity index (χ0n) is 26.8. The van der Waals surface area contributed by atoms with Gasteiger partial charge in [0.1, 0.15) is 0 Å². The maximum atomic E-state index is 5.54. The van der Waals surface area contributed by atoms with E-state index in [1.807, 2.05) is 41.1 Å². The number of rotatable bonds is 6. The van der Waals surface area contributed by atoms with Crippen molar-refractivity contribution in [3.8, 4) is 0 Å². The van der Waals surface area contributed by atoms with Crippen LogP contribution in [0.3, 0.4) is 0 Å². The first-order valence-corrected chi connectivity index (χ1v) is 13.6. The van der Waals surface area contributed by atoms with E-state index in [2.05, 4.69) is 64.7 Å². The molecule has 0 aromatic heterocycles. The summed E-state index contributed by atoms with van der Waals surface area (Å²) in [6.45, 7) is 31.1. The molecule has 0 spiro atoms. The largest absolute Gasteiger partial charge is 0.454 e. The molecule has 2 fully saturated rings. The van der Waals surface area contributed by atoms with Crippen LogP contribution in [0.25, 0.3) is 0 Å². The molecule has 2 rings (SSSR count). The minimum Gasteiger partial charge on any atom is -0.414 e. The fraction of sp³-hybridized carbons (Fsp3) is 1.00. The molecular formula is C24H60B4O8. The van der Waals surface area contributed by atoms with Crippen LogP contribution in [0.15, 0.2) is 0 Å². The van der Waals surface area contributed by atoms with Crippen LogP contribution in [0, 0.1) is 0 Å². The minimum atomic E-state index is -0.160. The second-order valence-corrected chi connectivity index (χ2v) is 9.06. The monoisotopic (exact) mass is 520 g/mol. The molecule has 36 heavy (non-hydrogen) atoms. The molecule has 0 aromatic carbocycles. The average molecular weight is 520 g/mol. The maximum absolute atomic E-state index is 5.54. The lowest BCUT2D eigenvalue weighted by Gasteiger charge is -2.32. The molecule has 12 heteroatoms. The van der Waals surface area contributed by atoms with Crippen molar-refractivity contribution in [2.45, 2.75) is 121 Å². The number of hydrogen-bond donors (Lipinski definition) is 0. The summed E-state index contributed by atoms with van der Waals surface area (Å²) >= 11 is 0. The van der Waals surface area contributed by atoms with Gasteiger partial charge in [0.05, 0.1) is 24.4 Å². The quantitative estimate of drug-likeness (QED) is 0.380. The van der Waals surface area contributed by atoms with E-state index in [0.29, 0.717) is 0 Å². The Balaban J connectivity index is -0.000000180. The highest BCUT2D eigenvalue weighted by atomic mass is 16.7. The predicted octanol–water partition coefficient (Wildman–Crippen LogP) is 6.27. The smallest absolute Gasteiger partial charge is 0.414 e. The van der Waals surface area contributed by atoms with Gasteiger partial charge in [0.25, 0.3) is 0 Å². The molecule has 0 atom stereocenters. The summed E-state index contributed by atoms with van der Waals surface area (Å²) in [5, 5.41) is 0. The van der Waals surface area contributed by atoms with Crippen LogP contribution in [-0.4, -0.2) is 80.3 Å². The van der Waals surface area contributed by atoms with Gasteiger partial charge >= 0.3 is 28.5 Å². The summed E-state index contributed by atoms with van der Waals surface area (Å²) in [4.78, 5) is 0. The highest BCUT2D eigenvalue weighted by Gasteiger charge is 2.48. The zero-order valence-corrected chi connectivity index (χ0v) is 26.8. The molecular weight excluding hydrogens is 460 g/mol. The standard InChI is InChI=1S/C7H15BO2.C5H13BO2.C3H7BO2.C3H9BO2.2C3H8/c1-6(2)7(3,4)10-8(5)9-6;1-4-7-6(3)8-5-2;1-4-5-2-3-6-4;1-4(5-2)6-3;2*1-3-2/h1-5H3;4-5H2,1-3H3;2-3H2,1H3;1-3H3;2*3H2,1-2H3. The Hall–Kier alpha value is -0.0603. The van der Waals surface area contributed by atoms with Gasteiger partial charge in [-0.05, 0) is 68.8 Å². The molecule has 2 aliphatic rings. The van der Waals surface area contributed by atoms with Gasteiger partial charge in [-0.15, -0.1) is 0 Å². The Morgan fingerprint density at radius 1 is 0.639 bits per heavy atom. The van der Waals surface area contributed by atoms with Crippen molar-refractivity contribution in [2.75, 3.05) is 40.6 Å². The van der Waals surface area contributed by atoms with Crippen LogP contribution in [0.5, 0.6) is 0 Å². The second-order valence-electron chi connectivity index (χ2n) is 9.06. The fourth-order valence-corrected chi connectivity index (χ4v) is 2.23. The molecule has 2 heterocycles. The highest BCUT2D eigenvalue weighted by Crippen LogP contribution is 2.36. The topological polar surface area (TPSA) is 73.8 Å². The molecule has 0 amide bonds. The van der Waals surface area contributed by atoms with E-state index in [1.165, 1.54) is 12.8 Å². The fourth-order valence-electron chi connectivity index (χ4n) is 2.23. The van der Waals surface area contributed by atoms with Gasteiger partial charge in [-0.1, -0.05) is 40.5 Å². The van der Waals surface area contributed by atoms with Crippen molar-refractivity contribution in [3.63, 3.8) is 0 Å². The highest BCUT2D eigenvalue weighted by molar-refractivity contribution is 6.44. The second kappa shape index (κ2) is 28.0. The third-order valence-corrected chi connectivity index (χ3v) is 4.63. The van der Waals surface area contributed by atoms with Crippen LogP contribution < -0.4 is 0 Å². The maximum Gasteiger partial charge on any atom is 0.454 e. The van der Waals surface area contributed by atoms with Gasteiger partial charge < -0.3 is 37.2 Å². The van der Waals surface area contributed by atoms with Crippen molar-refractivity contribution in [1.82, 2.24) is 0 Å². The van der Waals surface area contributed by atoms with Crippen LogP contribution in [-0.2, 0) is 37.2 Å². The Kier molecular flexibility index (Phi) is 33.4. The van der Waals surface area contributed by atoms with E-state index in [0.717, 1.165) is 26.4 Å². The minimum absolute atomic E-state index is 0.0370. The Morgan fingerprint density at radius 2 is 0.944 bits per heavy atom. The molecule has 0 radical (unpaired) electrons. The van der Waals surface area contributed by atoms with Crippen molar-refractivity contribution in [1.29, 1.82) is 0 Å². The molecule has 0 saturated carbocycles. The third-order valence-electron chi connectivity index (χ3n) is 4.63. The first-order chi connectivity index (χ1) is 16.7. The molecule has 216 valence electrons. The SMILES string of the molecule is CB1OC(C)(C)C(C)(C)O1.CB1OCCO1.CCC.CCC.CCOB(C)OCC.COB(C)OC. The normalized spacial score (nSPS) is 16.3. The average Bonchev–Trinajstić information content (AvgIpc) is 3.32. The zero-order chi connectivity index (χ0) is 29.2. The summed E-state index contributed by atoms with van der Waals surface area (Å²) < 4.78 is 40.4. The lowest BCUT2D eigenvalue weighted by atomic mass is 9.90. The van der Waals surface area contributed by atoms with Gasteiger partial charge in [-0.25, -0.2) is 0 Å². The number of hydrogen-bond acceptors (Lipinski definition) is 8. The molecule has 2 aliphatic heterocycles. The van der Waals surface area contributed by atoms with Crippen molar-refractivity contribution in [3.05, 3.63) is 0 Å². The van der Waals surface area contributed by atoms with Crippen molar-refractivity contribution < 1.29 is 37.2 Å². The molecule has 8 nitrogen and oxygen atoms in total. The van der Waals surface area contributed by atoms with E-state index in [1.54, 1.807) is 14.2 Å². The van der Waals surface area contributed by atoms with Crippen LogP contribution in [0.2, 0.25) is 27.3 Å². The van der Waals surface area contributed by atoms with Crippen molar-refractivity contribution in [2.24, 2.45) is 0 Å². The molecule has 0 aromatic rings. The Bertz CT molecular complexity index is 401. The molecule has 0 N–H and O–H groups in total. The summed E-state index contributed by atoms with van der Waals surface area (Å²) in [5.74, 6) is 0. The lowest BCUT2D eigenvalue weighted by molar-refractivity contribution is 0.00578. The van der Waals surface area contributed by atoms with Crippen molar-refractivity contribution >= 4 is 28.5 Å². The summed E-state index contributed by atoms with van der Waals surface area (Å²) in [7, 11) is 3.09. The van der Waals surface area contributed by atoms with Gasteiger partial charge in [0.15, 0.2) is 0 Å². The van der Waals surface area contributed by atoms with E-state index >= 15 is 0 Å². The molecule has 2 saturated heterocycles. The third kappa shape index (κ3) is 28.5.